The summed E-state index contributed by atoms with van der Waals surface area (Å²) < 4.78 is 6.19. The van der Waals surface area contributed by atoms with Crippen LogP contribution in [0.15, 0.2) is 72.8 Å². The largest absolute Gasteiger partial charge is 0.508 e. The highest BCUT2D eigenvalue weighted by Gasteiger charge is 2.18. The molecule has 4 aromatic carbocycles. The van der Waals surface area contributed by atoms with E-state index in [9.17, 15) is 15.3 Å². The van der Waals surface area contributed by atoms with Gasteiger partial charge < -0.3 is 25.0 Å². The van der Waals surface area contributed by atoms with Crippen molar-refractivity contribution < 1.29 is 20.1 Å². The van der Waals surface area contributed by atoms with E-state index in [1.165, 1.54) is 0 Å². The van der Waals surface area contributed by atoms with Gasteiger partial charge in [-0.1, -0.05) is 6.07 Å². The van der Waals surface area contributed by atoms with E-state index in [2.05, 4.69) is 4.90 Å². The topological polar surface area (TPSA) is 73.2 Å². The molecule has 0 aliphatic heterocycles. The van der Waals surface area contributed by atoms with Gasteiger partial charge in [-0.2, -0.15) is 0 Å². The molecule has 0 spiro atoms. The molecule has 0 aliphatic rings. The first-order chi connectivity index (χ1) is 15.7. The van der Waals surface area contributed by atoms with Crippen molar-refractivity contribution in [2.24, 2.45) is 0 Å². The summed E-state index contributed by atoms with van der Waals surface area (Å²) in [5.74, 6) is 1.97. The van der Waals surface area contributed by atoms with Crippen molar-refractivity contribution in [1.29, 1.82) is 0 Å². The Labute approximate surface area is 193 Å². The van der Waals surface area contributed by atoms with Crippen LogP contribution in [0.2, 0.25) is 0 Å². The zero-order chi connectivity index (χ0) is 23.7. The smallest absolute Gasteiger partial charge is 0.130 e. The minimum atomic E-state index is 0.203. The van der Waals surface area contributed by atoms with E-state index in [1.807, 2.05) is 64.1 Å². The minimum absolute atomic E-state index is 0.203. The van der Waals surface area contributed by atoms with Crippen LogP contribution in [0.4, 0.5) is 17.1 Å². The third kappa shape index (κ3) is 4.44. The number of benzene rings is 4. The average Bonchev–Trinajstić information content (AvgIpc) is 2.77. The summed E-state index contributed by atoms with van der Waals surface area (Å²) >= 11 is 0. The lowest BCUT2D eigenvalue weighted by atomic mass is 10.1. The fourth-order valence-corrected chi connectivity index (χ4v) is 3.89. The number of hydrogen-bond acceptors (Lipinski definition) is 5. The van der Waals surface area contributed by atoms with Crippen LogP contribution in [-0.2, 0) is 0 Å². The van der Waals surface area contributed by atoms with Crippen LogP contribution in [0.5, 0.6) is 28.7 Å². The van der Waals surface area contributed by atoms with E-state index < -0.39 is 0 Å². The first kappa shape index (κ1) is 22.1. The molecule has 0 fully saturated rings. The number of phenolic OH excluding ortho intramolecular Hbond substituents is 3. The molecule has 168 valence electrons. The van der Waals surface area contributed by atoms with Crippen LogP contribution >= 0.6 is 0 Å². The molecule has 3 N–H and O–H groups in total. The Bertz CT molecular complexity index is 1280. The van der Waals surface area contributed by atoms with Gasteiger partial charge >= 0.3 is 0 Å². The maximum absolute atomic E-state index is 9.95. The van der Waals surface area contributed by atoms with Crippen LogP contribution in [0.25, 0.3) is 0 Å². The Morgan fingerprint density at radius 2 is 1.24 bits per heavy atom. The number of rotatable bonds is 5. The summed E-state index contributed by atoms with van der Waals surface area (Å²) in [7, 11) is 0. The summed E-state index contributed by atoms with van der Waals surface area (Å²) in [6, 6.07) is 21.6. The van der Waals surface area contributed by atoms with Gasteiger partial charge in [0, 0.05) is 23.1 Å². The number of aryl methyl sites for hydroxylation is 2. The Kier molecular flexibility index (Phi) is 5.88. The van der Waals surface area contributed by atoms with E-state index in [-0.39, 0.29) is 17.2 Å². The summed E-state index contributed by atoms with van der Waals surface area (Å²) in [5.41, 5.74) is 6.12. The Morgan fingerprint density at radius 1 is 0.636 bits per heavy atom. The average molecular weight is 442 g/mol. The highest BCUT2D eigenvalue weighted by Crippen LogP contribution is 2.41. The SMILES string of the molecule is Cc1cc(O)ccc1N(c1cccc(Oc2ccc(O)c(C)c2C)c1)c1ccc(O)cc1C. The lowest BCUT2D eigenvalue weighted by Crippen LogP contribution is -2.12. The van der Waals surface area contributed by atoms with Gasteiger partial charge in [-0.15, -0.1) is 0 Å². The second-order valence-corrected chi connectivity index (χ2v) is 8.21. The molecule has 33 heavy (non-hydrogen) atoms. The fraction of sp³-hybridized carbons (Fsp3) is 0.143. The number of nitrogens with zero attached hydrogens (tertiary/aromatic N) is 1. The van der Waals surface area contributed by atoms with Crippen molar-refractivity contribution in [3.05, 3.63) is 95.1 Å². The predicted molar refractivity (Wildman–Crippen MR) is 132 cm³/mol. The van der Waals surface area contributed by atoms with Gasteiger partial charge in [-0.25, -0.2) is 0 Å². The molecule has 0 saturated carbocycles. The molecule has 0 radical (unpaired) electrons. The van der Waals surface area contributed by atoms with Crippen molar-refractivity contribution >= 4 is 17.1 Å². The molecule has 5 heteroatoms. The van der Waals surface area contributed by atoms with Crippen LogP contribution in [-0.4, -0.2) is 15.3 Å². The lowest BCUT2D eigenvalue weighted by molar-refractivity contribution is 0.457. The molecule has 0 bridgehead atoms. The van der Waals surface area contributed by atoms with Gasteiger partial charge in [0.25, 0.3) is 0 Å². The number of ether oxygens (including phenoxy) is 1. The Hall–Kier alpha value is -4.12. The van der Waals surface area contributed by atoms with Crippen molar-refractivity contribution in [3.8, 4) is 28.7 Å². The van der Waals surface area contributed by atoms with Gasteiger partial charge in [0.1, 0.15) is 28.7 Å². The van der Waals surface area contributed by atoms with E-state index >= 15 is 0 Å². The first-order valence-electron chi connectivity index (χ1n) is 10.7. The van der Waals surface area contributed by atoms with Gasteiger partial charge in [0.2, 0.25) is 0 Å². The molecular weight excluding hydrogens is 414 g/mol. The number of aromatic hydroxyl groups is 3. The molecule has 4 rings (SSSR count). The monoisotopic (exact) mass is 441 g/mol. The fourth-order valence-electron chi connectivity index (χ4n) is 3.89. The minimum Gasteiger partial charge on any atom is -0.508 e. The second-order valence-electron chi connectivity index (χ2n) is 8.21. The van der Waals surface area contributed by atoms with Crippen molar-refractivity contribution in [2.75, 3.05) is 4.90 Å². The number of phenols is 3. The van der Waals surface area contributed by atoms with Crippen LogP contribution in [0.1, 0.15) is 22.3 Å². The molecule has 0 saturated heterocycles. The molecule has 0 aliphatic carbocycles. The summed E-state index contributed by atoms with van der Waals surface area (Å²) in [6.45, 7) is 7.67. The molecule has 0 amide bonds. The number of hydrogen-bond donors (Lipinski definition) is 3. The number of anilines is 3. The van der Waals surface area contributed by atoms with E-state index in [1.54, 1.807) is 36.4 Å². The van der Waals surface area contributed by atoms with Crippen LogP contribution < -0.4 is 9.64 Å². The quantitative estimate of drug-likeness (QED) is 0.303. The van der Waals surface area contributed by atoms with Gasteiger partial charge in [-0.05, 0) is 111 Å². The van der Waals surface area contributed by atoms with Crippen LogP contribution in [0, 0.1) is 27.7 Å². The first-order valence-corrected chi connectivity index (χ1v) is 10.7. The van der Waals surface area contributed by atoms with Crippen molar-refractivity contribution in [1.82, 2.24) is 0 Å². The molecule has 0 heterocycles. The molecule has 0 atom stereocenters. The van der Waals surface area contributed by atoms with Crippen molar-refractivity contribution in [2.45, 2.75) is 27.7 Å². The zero-order valence-corrected chi connectivity index (χ0v) is 19.1. The van der Waals surface area contributed by atoms with Gasteiger partial charge in [-0.3, -0.25) is 0 Å². The second kappa shape index (κ2) is 8.79. The molecule has 0 unspecified atom stereocenters. The lowest BCUT2D eigenvalue weighted by Gasteiger charge is -2.29. The highest BCUT2D eigenvalue weighted by molar-refractivity contribution is 5.81. The maximum atomic E-state index is 9.95. The van der Waals surface area contributed by atoms with E-state index in [0.717, 1.165) is 39.3 Å². The third-order valence-electron chi connectivity index (χ3n) is 5.86. The van der Waals surface area contributed by atoms with Gasteiger partial charge in [0.15, 0.2) is 0 Å². The molecule has 0 aromatic heterocycles. The molecule has 5 nitrogen and oxygen atoms in total. The predicted octanol–water partition coefficient (Wildman–Crippen LogP) is 7.30. The van der Waals surface area contributed by atoms with Crippen LogP contribution in [0.3, 0.4) is 0 Å². The Balaban J connectivity index is 1.82. The summed E-state index contributed by atoms with van der Waals surface area (Å²) in [5, 5.41) is 29.8. The third-order valence-corrected chi connectivity index (χ3v) is 5.86. The zero-order valence-electron chi connectivity index (χ0n) is 19.1. The Morgan fingerprint density at radius 3 is 1.82 bits per heavy atom. The standard InChI is InChI=1S/C28H27NO4/c1-17-14-22(30)8-10-25(17)29(26-11-9-23(31)15-18(26)2)21-6-5-7-24(16-21)33-28-13-12-27(32)19(3)20(28)4/h5-16,30-32H,1-4H3. The summed E-state index contributed by atoms with van der Waals surface area (Å²) in [6.07, 6.45) is 0. The maximum Gasteiger partial charge on any atom is 0.130 e. The summed E-state index contributed by atoms with van der Waals surface area (Å²) in [4.78, 5) is 2.07. The van der Waals surface area contributed by atoms with E-state index in [4.69, 9.17) is 4.74 Å². The van der Waals surface area contributed by atoms with E-state index in [0.29, 0.717) is 11.5 Å². The van der Waals surface area contributed by atoms with Crippen molar-refractivity contribution in [3.63, 3.8) is 0 Å². The van der Waals surface area contributed by atoms with Gasteiger partial charge in [0.05, 0.1) is 0 Å². The molecular formula is C28H27NO4. The highest BCUT2D eigenvalue weighted by atomic mass is 16.5. The molecule has 4 aromatic rings. The normalized spacial score (nSPS) is 10.8.